The van der Waals surface area contributed by atoms with E-state index in [0.717, 1.165) is 11.1 Å². The van der Waals surface area contributed by atoms with E-state index in [1.54, 1.807) is 12.1 Å². The Morgan fingerprint density at radius 2 is 2.06 bits per heavy atom. The molecular formula is C13H20N2O2S. The Bertz CT molecular complexity index is 544. The van der Waals surface area contributed by atoms with Crippen molar-refractivity contribution in [2.45, 2.75) is 32.1 Å². The van der Waals surface area contributed by atoms with Crippen LogP contribution in [-0.4, -0.2) is 15.0 Å². The van der Waals surface area contributed by atoms with Crippen molar-refractivity contribution in [1.82, 2.24) is 4.72 Å². The molecule has 0 unspecified atom stereocenters. The zero-order valence-corrected chi connectivity index (χ0v) is 11.8. The number of allylic oxidation sites excluding steroid dienone is 1. The summed E-state index contributed by atoms with van der Waals surface area (Å²) in [7, 11) is -3.50. The number of nitrogens with one attached hydrogen (secondary N) is 1. The quantitative estimate of drug-likeness (QED) is 0.634. The zero-order valence-electron chi connectivity index (χ0n) is 11.0. The van der Waals surface area contributed by atoms with E-state index < -0.39 is 10.0 Å². The fourth-order valence-electron chi connectivity index (χ4n) is 1.55. The zero-order chi connectivity index (χ0) is 13.8. The molecule has 5 heteroatoms. The van der Waals surface area contributed by atoms with Gasteiger partial charge in [0, 0.05) is 12.2 Å². The Labute approximate surface area is 109 Å². The van der Waals surface area contributed by atoms with Crippen LogP contribution in [0.2, 0.25) is 0 Å². The lowest BCUT2D eigenvalue weighted by Crippen LogP contribution is -2.25. The van der Waals surface area contributed by atoms with E-state index in [-0.39, 0.29) is 4.90 Å². The molecule has 4 nitrogen and oxygen atoms in total. The van der Waals surface area contributed by atoms with E-state index in [9.17, 15) is 8.42 Å². The minimum atomic E-state index is -3.50. The number of hydrogen-bond donors (Lipinski definition) is 2. The van der Waals surface area contributed by atoms with Crippen LogP contribution in [-0.2, 0) is 16.4 Å². The Balaban J connectivity index is 3.04. The first-order valence-electron chi connectivity index (χ1n) is 5.88. The molecule has 0 aromatic heterocycles. The molecule has 0 aliphatic rings. The number of aryl methyl sites for hydroxylation is 1. The predicted molar refractivity (Wildman–Crippen MR) is 74.9 cm³/mol. The maximum atomic E-state index is 12.1. The van der Waals surface area contributed by atoms with Crippen molar-refractivity contribution in [3.05, 3.63) is 35.4 Å². The third-order valence-corrected chi connectivity index (χ3v) is 4.05. The molecule has 0 heterocycles. The molecule has 0 spiro atoms. The van der Waals surface area contributed by atoms with Crippen LogP contribution in [0.5, 0.6) is 0 Å². The number of sulfonamides is 1. The smallest absolute Gasteiger partial charge is 0.241 e. The summed E-state index contributed by atoms with van der Waals surface area (Å²) in [6, 6.07) is 4.97. The minimum absolute atomic E-state index is 0.271. The number of nitrogen functional groups attached to an aromatic ring is 1. The van der Waals surface area contributed by atoms with Gasteiger partial charge in [-0.2, -0.15) is 0 Å². The molecule has 18 heavy (non-hydrogen) atoms. The van der Waals surface area contributed by atoms with Gasteiger partial charge < -0.3 is 5.73 Å². The molecule has 0 aliphatic carbocycles. The molecule has 1 aromatic carbocycles. The summed E-state index contributed by atoms with van der Waals surface area (Å²) in [6.07, 6.45) is 2.48. The van der Waals surface area contributed by atoms with Gasteiger partial charge in [-0.25, -0.2) is 13.1 Å². The first-order valence-corrected chi connectivity index (χ1v) is 7.36. The molecule has 0 atom stereocenters. The molecule has 1 aromatic rings. The van der Waals surface area contributed by atoms with Crippen molar-refractivity contribution in [3.8, 4) is 0 Å². The molecule has 0 fully saturated rings. The Hall–Kier alpha value is -1.33. The van der Waals surface area contributed by atoms with Crippen LogP contribution in [0.4, 0.5) is 5.69 Å². The first kappa shape index (κ1) is 14.7. The molecule has 1 rings (SSSR count). The molecule has 0 amide bonds. The van der Waals surface area contributed by atoms with Gasteiger partial charge in [0.1, 0.15) is 0 Å². The number of anilines is 1. The fourth-order valence-corrected chi connectivity index (χ4v) is 2.85. The van der Waals surface area contributed by atoms with Gasteiger partial charge in [0.25, 0.3) is 0 Å². The second-order valence-electron chi connectivity index (χ2n) is 4.35. The summed E-state index contributed by atoms with van der Waals surface area (Å²) in [6.45, 7) is 6.06. The summed E-state index contributed by atoms with van der Waals surface area (Å²) in [4.78, 5) is 0.271. The fraction of sp³-hybridized carbons (Fsp3) is 0.385. The van der Waals surface area contributed by atoms with E-state index in [1.807, 2.05) is 26.8 Å². The van der Waals surface area contributed by atoms with Gasteiger partial charge in [-0.3, -0.25) is 0 Å². The molecule has 0 radical (unpaired) electrons. The number of benzene rings is 1. The first-order chi connectivity index (χ1) is 8.36. The lowest BCUT2D eigenvalue weighted by molar-refractivity contribution is 0.584. The van der Waals surface area contributed by atoms with Crippen LogP contribution in [0.3, 0.4) is 0 Å². The average Bonchev–Trinajstić information content (AvgIpc) is 2.28. The largest absolute Gasteiger partial charge is 0.399 e. The lowest BCUT2D eigenvalue weighted by Gasteiger charge is -2.10. The van der Waals surface area contributed by atoms with Gasteiger partial charge in [-0.1, -0.05) is 24.6 Å². The highest BCUT2D eigenvalue weighted by molar-refractivity contribution is 7.89. The highest BCUT2D eigenvalue weighted by Gasteiger charge is 2.17. The monoisotopic (exact) mass is 268 g/mol. The van der Waals surface area contributed by atoms with E-state index in [1.165, 1.54) is 6.07 Å². The molecule has 0 bridgehead atoms. The molecule has 0 saturated carbocycles. The van der Waals surface area contributed by atoms with Gasteiger partial charge in [0.05, 0.1) is 4.90 Å². The number of hydrogen-bond acceptors (Lipinski definition) is 3. The van der Waals surface area contributed by atoms with Crippen molar-refractivity contribution < 1.29 is 8.42 Å². The minimum Gasteiger partial charge on any atom is -0.399 e. The maximum absolute atomic E-state index is 12.1. The summed E-state index contributed by atoms with van der Waals surface area (Å²) in [5.41, 5.74) is 7.95. The number of nitrogens with two attached hydrogens (primary N) is 1. The van der Waals surface area contributed by atoms with Gasteiger partial charge >= 0.3 is 0 Å². The normalized spacial score (nSPS) is 11.3. The van der Waals surface area contributed by atoms with Crippen LogP contribution in [0.25, 0.3) is 0 Å². The topological polar surface area (TPSA) is 72.2 Å². The van der Waals surface area contributed by atoms with E-state index in [2.05, 4.69) is 4.72 Å². The highest BCUT2D eigenvalue weighted by atomic mass is 32.2. The number of rotatable bonds is 5. The molecule has 0 saturated heterocycles. The molecular weight excluding hydrogens is 248 g/mol. The molecule has 0 aliphatic heterocycles. The molecule has 100 valence electrons. The average molecular weight is 268 g/mol. The van der Waals surface area contributed by atoms with Crippen LogP contribution in [0, 0.1) is 0 Å². The van der Waals surface area contributed by atoms with E-state index >= 15 is 0 Å². The molecule has 3 N–H and O–H groups in total. The third-order valence-electron chi connectivity index (χ3n) is 2.55. The van der Waals surface area contributed by atoms with Gasteiger partial charge in [-0.05, 0) is 38.0 Å². The van der Waals surface area contributed by atoms with Crippen LogP contribution < -0.4 is 10.5 Å². The summed E-state index contributed by atoms with van der Waals surface area (Å²) < 4.78 is 26.8. The SMILES string of the molecule is CCc1ccc(N)cc1S(=O)(=O)NCC=C(C)C. The Kier molecular flexibility index (Phi) is 4.93. The third kappa shape index (κ3) is 3.85. The van der Waals surface area contributed by atoms with Gasteiger partial charge in [0.15, 0.2) is 0 Å². The van der Waals surface area contributed by atoms with E-state index in [0.29, 0.717) is 18.7 Å². The van der Waals surface area contributed by atoms with Gasteiger partial charge in [0.2, 0.25) is 10.0 Å². The summed E-state index contributed by atoms with van der Waals surface area (Å²) >= 11 is 0. The lowest BCUT2D eigenvalue weighted by atomic mass is 10.1. The van der Waals surface area contributed by atoms with Crippen molar-refractivity contribution in [2.75, 3.05) is 12.3 Å². The van der Waals surface area contributed by atoms with Crippen molar-refractivity contribution in [3.63, 3.8) is 0 Å². The standard InChI is InChI=1S/C13H20N2O2S/c1-4-11-5-6-12(14)9-13(11)18(16,17)15-8-7-10(2)3/h5-7,9,15H,4,8,14H2,1-3H3. The summed E-state index contributed by atoms with van der Waals surface area (Å²) in [5, 5.41) is 0. The van der Waals surface area contributed by atoms with Crippen LogP contribution in [0.15, 0.2) is 34.7 Å². The van der Waals surface area contributed by atoms with Crippen molar-refractivity contribution in [2.24, 2.45) is 0 Å². The predicted octanol–water partition coefficient (Wildman–Crippen LogP) is 2.08. The highest BCUT2D eigenvalue weighted by Crippen LogP contribution is 2.19. The van der Waals surface area contributed by atoms with Crippen molar-refractivity contribution in [1.29, 1.82) is 0 Å². The Morgan fingerprint density at radius 1 is 1.39 bits per heavy atom. The Morgan fingerprint density at radius 3 is 2.61 bits per heavy atom. The van der Waals surface area contributed by atoms with Gasteiger partial charge in [-0.15, -0.1) is 0 Å². The summed E-state index contributed by atoms with van der Waals surface area (Å²) in [5.74, 6) is 0. The van der Waals surface area contributed by atoms with E-state index in [4.69, 9.17) is 5.73 Å². The second-order valence-corrected chi connectivity index (χ2v) is 6.09. The second kappa shape index (κ2) is 6.02. The van der Waals surface area contributed by atoms with Crippen molar-refractivity contribution >= 4 is 15.7 Å². The maximum Gasteiger partial charge on any atom is 0.241 e. The van der Waals surface area contributed by atoms with Crippen LogP contribution in [0.1, 0.15) is 26.3 Å². The van der Waals surface area contributed by atoms with Crippen LogP contribution >= 0.6 is 0 Å².